The Morgan fingerprint density at radius 3 is 2.67 bits per heavy atom. The molecule has 0 saturated heterocycles. The van der Waals surface area contributed by atoms with E-state index in [0.717, 1.165) is 37.2 Å². The second kappa shape index (κ2) is 12.1. The molecule has 0 spiro atoms. The van der Waals surface area contributed by atoms with E-state index in [9.17, 15) is 10.1 Å². The van der Waals surface area contributed by atoms with Crippen LogP contribution in [0.25, 0.3) is 22.2 Å². The number of methoxy groups -OCH3 is 1. The molecule has 2 aromatic carbocycles. The summed E-state index contributed by atoms with van der Waals surface area (Å²) < 4.78 is 7.90. The van der Waals surface area contributed by atoms with Gasteiger partial charge in [0.15, 0.2) is 0 Å². The molecule has 5 rings (SSSR count). The SMILES string of the molecule is CC.COc1cc(N(C)CCN(C)C)c([N+](=O)[O-])cc1Nc1nccc(-c2cn3c4c(cccc24)CCC3)n1. The molecule has 10 heteroatoms. The molecular formula is C29H37N7O3. The molecule has 0 atom stereocenters. The second-order valence-corrected chi connectivity index (χ2v) is 9.57. The van der Waals surface area contributed by atoms with Gasteiger partial charge in [-0.2, -0.15) is 0 Å². The Labute approximate surface area is 229 Å². The zero-order valence-electron chi connectivity index (χ0n) is 23.6. The molecule has 1 N–H and O–H groups in total. The fraction of sp³-hybridized carbons (Fsp3) is 0.379. The topological polar surface area (TPSA) is 102 Å². The zero-order chi connectivity index (χ0) is 28.1. The fourth-order valence-corrected chi connectivity index (χ4v) is 4.90. The summed E-state index contributed by atoms with van der Waals surface area (Å²) in [7, 11) is 7.31. The van der Waals surface area contributed by atoms with E-state index < -0.39 is 0 Å². The summed E-state index contributed by atoms with van der Waals surface area (Å²) in [6.45, 7) is 6.37. The number of benzene rings is 2. The Kier molecular flexibility index (Phi) is 8.65. The maximum Gasteiger partial charge on any atom is 0.294 e. The van der Waals surface area contributed by atoms with Gasteiger partial charge >= 0.3 is 0 Å². The maximum absolute atomic E-state index is 12.0. The molecule has 39 heavy (non-hydrogen) atoms. The molecule has 3 heterocycles. The Morgan fingerprint density at radius 2 is 1.95 bits per heavy atom. The molecule has 2 aromatic heterocycles. The van der Waals surface area contributed by atoms with Crippen molar-refractivity contribution < 1.29 is 9.66 Å². The first kappa shape index (κ1) is 27.8. The van der Waals surface area contributed by atoms with Crippen molar-refractivity contribution in [2.24, 2.45) is 0 Å². The summed E-state index contributed by atoms with van der Waals surface area (Å²) in [6, 6.07) is 11.5. The highest BCUT2D eigenvalue weighted by Crippen LogP contribution is 2.39. The lowest BCUT2D eigenvalue weighted by Crippen LogP contribution is -2.28. The van der Waals surface area contributed by atoms with E-state index >= 15 is 0 Å². The summed E-state index contributed by atoms with van der Waals surface area (Å²) in [4.78, 5) is 24.6. The van der Waals surface area contributed by atoms with Crippen LogP contribution in [0.3, 0.4) is 0 Å². The molecule has 206 valence electrons. The minimum absolute atomic E-state index is 0.0188. The van der Waals surface area contributed by atoms with Gasteiger partial charge in [-0.3, -0.25) is 10.1 Å². The van der Waals surface area contributed by atoms with Crippen LogP contribution in [-0.2, 0) is 13.0 Å². The largest absolute Gasteiger partial charge is 0.494 e. The molecule has 0 saturated carbocycles. The number of nitrogens with zero attached hydrogens (tertiary/aromatic N) is 6. The maximum atomic E-state index is 12.0. The summed E-state index contributed by atoms with van der Waals surface area (Å²) in [5.74, 6) is 0.809. The minimum Gasteiger partial charge on any atom is -0.494 e. The first-order valence-electron chi connectivity index (χ1n) is 13.3. The van der Waals surface area contributed by atoms with E-state index in [1.807, 2.05) is 50.9 Å². The third-order valence-corrected chi connectivity index (χ3v) is 6.79. The lowest BCUT2D eigenvalue weighted by Gasteiger charge is -2.22. The minimum atomic E-state index is -0.378. The van der Waals surface area contributed by atoms with Crippen LogP contribution < -0.4 is 15.0 Å². The number of rotatable bonds is 9. The van der Waals surface area contributed by atoms with E-state index in [0.29, 0.717) is 29.6 Å². The van der Waals surface area contributed by atoms with Crippen molar-refractivity contribution in [3.8, 4) is 17.0 Å². The summed E-state index contributed by atoms with van der Waals surface area (Å²) in [5, 5.41) is 16.3. The molecular weight excluding hydrogens is 494 g/mol. The monoisotopic (exact) mass is 531 g/mol. The molecule has 0 aliphatic carbocycles. The molecule has 4 aromatic rings. The molecule has 1 aliphatic rings. The number of ether oxygens (including phenoxy) is 1. The van der Waals surface area contributed by atoms with Gasteiger partial charge in [-0.1, -0.05) is 32.0 Å². The lowest BCUT2D eigenvalue weighted by atomic mass is 10.0. The highest BCUT2D eigenvalue weighted by molar-refractivity contribution is 5.97. The summed E-state index contributed by atoms with van der Waals surface area (Å²) in [5.41, 5.74) is 5.35. The third kappa shape index (κ3) is 5.80. The van der Waals surface area contributed by atoms with Crippen LogP contribution in [0, 0.1) is 10.1 Å². The Balaban J connectivity index is 0.00000172. The van der Waals surface area contributed by atoms with Crippen LogP contribution in [0.2, 0.25) is 0 Å². The smallest absolute Gasteiger partial charge is 0.294 e. The van der Waals surface area contributed by atoms with Gasteiger partial charge in [0.1, 0.15) is 11.4 Å². The lowest BCUT2D eigenvalue weighted by molar-refractivity contribution is -0.384. The summed E-state index contributed by atoms with van der Waals surface area (Å²) in [6.07, 6.45) is 6.05. The van der Waals surface area contributed by atoms with Gasteiger partial charge in [-0.15, -0.1) is 0 Å². The number of para-hydroxylation sites is 1. The van der Waals surface area contributed by atoms with Gasteiger partial charge < -0.3 is 24.4 Å². The van der Waals surface area contributed by atoms with E-state index in [1.54, 1.807) is 19.4 Å². The number of hydrogen-bond donors (Lipinski definition) is 1. The van der Waals surface area contributed by atoms with Gasteiger partial charge in [-0.25, -0.2) is 9.97 Å². The van der Waals surface area contributed by atoms with Gasteiger partial charge in [0.05, 0.1) is 28.9 Å². The van der Waals surface area contributed by atoms with E-state index in [1.165, 1.54) is 22.5 Å². The number of nitro groups is 1. The average molecular weight is 532 g/mol. The first-order valence-corrected chi connectivity index (χ1v) is 13.3. The summed E-state index contributed by atoms with van der Waals surface area (Å²) >= 11 is 0. The third-order valence-electron chi connectivity index (χ3n) is 6.79. The van der Waals surface area contributed by atoms with Gasteiger partial charge in [0.25, 0.3) is 5.69 Å². The van der Waals surface area contributed by atoms with E-state index in [2.05, 4.69) is 39.3 Å². The van der Waals surface area contributed by atoms with Crippen LogP contribution in [-0.4, -0.2) is 65.7 Å². The number of anilines is 3. The van der Waals surface area contributed by atoms with Crippen molar-refractivity contribution in [1.82, 2.24) is 19.4 Å². The van der Waals surface area contributed by atoms with Gasteiger partial charge in [-0.05, 0) is 38.6 Å². The second-order valence-electron chi connectivity index (χ2n) is 9.57. The van der Waals surface area contributed by atoms with Crippen LogP contribution >= 0.6 is 0 Å². The molecule has 0 fully saturated rings. The Hall–Kier alpha value is -4.18. The Bertz CT molecular complexity index is 1470. The highest BCUT2D eigenvalue weighted by atomic mass is 16.6. The van der Waals surface area contributed by atoms with Crippen molar-refractivity contribution in [3.05, 3.63) is 64.5 Å². The quantitative estimate of drug-likeness (QED) is 0.216. The molecule has 0 amide bonds. The molecule has 0 bridgehead atoms. The molecule has 10 nitrogen and oxygen atoms in total. The van der Waals surface area contributed by atoms with Crippen molar-refractivity contribution in [1.29, 1.82) is 0 Å². The zero-order valence-corrected chi connectivity index (χ0v) is 23.6. The predicted molar refractivity (Wildman–Crippen MR) is 157 cm³/mol. The molecule has 1 aliphatic heterocycles. The van der Waals surface area contributed by atoms with Crippen molar-refractivity contribution >= 4 is 33.9 Å². The average Bonchev–Trinajstić information content (AvgIpc) is 3.33. The van der Waals surface area contributed by atoms with E-state index in [-0.39, 0.29) is 10.6 Å². The predicted octanol–water partition coefficient (Wildman–Crippen LogP) is 5.73. The van der Waals surface area contributed by atoms with Crippen LogP contribution in [0.5, 0.6) is 5.75 Å². The van der Waals surface area contributed by atoms with Gasteiger partial charge in [0.2, 0.25) is 5.95 Å². The molecule has 0 radical (unpaired) electrons. The van der Waals surface area contributed by atoms with Gasteiger partial charge in [0, 0.05) is 62.2 Å². The number of nitrogens with one attached hydrogen (secondary N) is 1. The van der Waals surface area contributed by atoms with E-state index in [4.69, 9.17) is 9.72 Å². The fourth-order valence-electron chi connectivity index (χ4n) is 4.90. The van der Waals surface area contributed by atoms with Crippen LogP contribution in [0.15, 0.2) is 48.8 Å². The first-order chi connectivity index (χ1) is 18.9. The number of nitro benzene ring substituents is 1. The standard InChI is InChI=1S/C27H31N7O3.C2H6/c1-31(2)13-14-32(3)23-16-25(37-4)22(15-24(23)34(35)36)30-27-28-11-10-21(29-27)20-17-33-12-6-8-18-7-5-9-19(20)26(18)33;1-2/h5,7,9-11,15-17H,6,8,12-14H2,1-4H3,(H,28,29,30);1-2H3. The molecule has 0 unspecified atom stereocenters. The number of hydrogen-bond acceptors (Lipinski definition) is 8. The normalized spacial score (nSPS) is 12.2. The number of likely N-dealkylation sites (N-methyl/N-ethyl adjacent to an activating group) is 2. The number of aryl methyl sites for hydroxylation is 2. The Morgan fingerprint density at radius 1 is 1.15 bits per heavy atom. The van der Waals surface area contributed by atoms with Crippen LogP contribution in [0.4, 0.5) is 23.0 Å². The van der Waals surface area contributed by atoms with Crippen molar-refractivity contribution in [2.45, 2.75) is 33.2 Å². The van der Waals surface area contributed by atoms with Crippen LogP contribution in [0.1, 0.15) is 25.8 Å². The van der Waals surface area contributed by atoms with Crippen molar-refractivity contribution in [3.63, 3.8) is 0 Å². The highest BCUT2D eigenvalue weighted by Gasteiger charge is 2.23. The van der Waals surface area contributed by atoms with Crippen molar-refractivity contribution in [2.75, 3.05) is 51.6 Å². The number of aromatic nitrogens is 3.